The Morgan fingerprint density at radius 1 is 1.56 bits per heavy atom. The van der Waals surface area contributed by atoms with Crippen LogP contribution in [0.4, 0.5) is 5.13 Å². The first-order valence-electron chi connectivity index (χ1n) is 4.67. The number of anilines is 1. The predicted molar refractivity (Wildman–Crippen MR) is 58.3 cm³/mol. The molecule has 8 heteroatoms. The van der Waals surface area contributed by atoms with Crippen molar-refractivity contribution in [3.05, 3.63) is 16.9 Å². The van der Waals surface area contributed by atoms with Gasteiger partial charge in [0, 0.05) is 5.38 Å². The maximum atomic E-state index is 11.5. The van der Waals surface area contributed by atoms with E-state index in [1.165, 1.54) is 11.3 Å². The van der Waals surface area contributed by atoms with Gasteiger partial charge in [0.2, 0.25) is 0 Å². The summed E-state index contributed by atoms with van der Waals surface area (Å²) < 4.78 is 0. The molecular formula is C8H10N6OS. The Balaban J connectivity index is 2.07. The molecule has 2 heterocycles. The van der Waals surface area contributed by atoms with Crippen LogP contribution in [0.1, 0.15) is 36.1 Å². The van der Waals surface area contributed by atoms with Gasteiger partial charge in [-0.2, -0.15) is 5.21 Å². The maximum Gasteiger partial charge on any atom is 0.299 e. The lowest BCUT2D eigenvalue weighted by Gasteiger charge is -1.98. The summed E-state index contributed by atoms with van der Waals surface area (Å²) in [6, 6.07) is 0. The molecule has 0 aliphatic carbocycles. The van der Waals surface area contributed by atoms with Gasteiger partial charge in [-0.15, -0.1) is 21.5 Å². The highest BCUT2D eigenvalue weighted by Crippen LogP contribution is 2.21. The second-order valence-electron chi connectivity index (χ2n) is 3.42. The topological polar surface area (TPSA) is 96.5 Å². The number of thiazole rings is 1. The Hall–Kier alpha value is -1.83. The number of carbonyl (C=O) groups excluding carboxylic acids is 1. The summed E-state index contributed by atoms with van der Waals surface area (Å²) in [6.45, 7) is 4.08. The van der Waals surface area contributed by atoms with E-state index in [0.29, 0.717) is 11.0 Å². The van der Waals surface area contributed by atoms with Gasteiger partial charge in [0.15, 0.2) is 5.13 Å². The van der Waals surface area contributed by atoms with Crippen molar-refractivity contribution in [3.63, 3.8) is 0 Å². The van der Waals surface area contributed by atoms with Crippen molar-refractivity contribution >= 4 is 22.4 Å². The lowest BCUT2D eigenvalue weighted by molar-refractivity contribution is 0.101. The van der Waals surface area contributed by atoms with Crippen molar-refractivity contribution < 1.29 is 4.79 Å². The monoisotopic (exact) mass is 238 g/mol. The second kappa shape index (κ2) is 4.35. The number of carbonyl (C=O) groups is 1. The molecular weight excluding hydrogens is 228 g/mol. The van der Waals surface area contributed by atoms with Gasteiger partial charge in [0.25, 0.3) is 11.7 Å². The molecule has 2 rings (SSSR count). The number of hydrogen-bond acceptors (Lipinski definition) is 6. The van der Waals surface area contributed by atoms with Crippen LogP contribution in [0.25, 0.3) is 0 Å². The summed E-state index contributed by atoms with van der Waals surface area (Å²) in [5, 5.41) is 17.7. The number of hydrogen-bond donors (Lipinski definition) is 2. The number of nitrogens with zero attached hydrogens (tertiary/aromatic N) is 4. The number of rotatable bonds is 3. The third-order valence-electron chi connectivity index (χ3n) is 1.88. The zero-order chi connectivity index (χ0) is 11.5. The quantitative estimate of drug-likeness (QED) is 0.832. The minimum absolute atomic E-state index is 0.00120. The van der Waals surface area contributed by atoms with E-state index in [9.17, 15) is 4.79 Å². The van der Waals surface area contributed by atoms with E-state index in [-0.39, 0.29) is 5.82 Å². The van der Waals surface area contributed by atoms with Crippen LogP contribution in [0, 0.1) is 0 Å². The van der Waals surface area contributed by atoms with Crippen LogP contribution >= 0.6 is 11.3 Å². The molecule has 0 saturated heterocycles. The molecule has 2 aromatic rings. The Labute approximate surface area is 95.3 Å². The normalized spacial score (nSPS) is 10.7. The number of amides is 1. The van der Waals surface area contributed by atoms with Crippen LogP contribution in [0.2, 0.25) is 0 Å². The molecule has 0 aliphatic rings. The highest BCUT2D eigenvalue weighted by molar-refractivity contribution is 7.14. The molecule has 0 unspecified atom stereocenters. The Bertz CT molecular complexity index is 476. The van der Waals surface area contributed by atoms with Crippen LogP contribution in [0.5, 0.6) is 0 Å². The van der Waals surface area contributed by atoms with E-state index in [1.54, 1.807) is 0 Å². The first kappa shape index (κ1) is 10.7. The molecule has 0 atom stereocenters. The van der Waals surface area contributed by atoms with E-state index in [2.05, 4.69) is 30.9 Å². The largest absolute Gasteiger partial charge is 0.299 e. The van der Waals surface area contributed by atoms with Crippen molar-refractivity contribution in [2.45, 2.75) is 19.8 Å². The fourth-order valence-electron chi connectivity index (χ4n) is 1.02. The highest BCUT2D eigenvalue weighted by atomic mass is 32.1. The van der Waals surface area contributed by atoms with Crippen molar-refractivity contribution in [1.29, 1.82) is 0 Å². The van der Waals surface area contributed by atoms with E-state index in [0.717, 1.165) is 5.69 Å². The molecule has 0 spiro atoms. The average Bonchev–Trinajstić information content (AvgIpc) is 2.87. The fraction of sp³-hybridized carbons (Fsp3) is 0.375. The van der Waals surface area contributed by atoms with Gasteiger partial charge >= 0.3 is 0 Å². The molecule has 0 fully saturated rings. The second-order valence-corrected chi connectivity index (χ2v) is 4.28. The number of H-pyrrole nitrogens is 1. The van der Waals surface area contributed by atoms with Gasteiger partial charge in [-0.1, -0.05) is 13.8 Å². The standard InChI is InChI=1S/C8H10N6OS/c1-4(2)5-3-16-8(9-5)10-7(15)6-11-13-14-12-6/h3-4H,1-2H3,(H,9,10,15)(H,11,12,13,14). The smallest absolute Gasteiger partial charge is 0.295 e. The molecule has 0 bridgehead atoms. The van der Waals surface area contributed by atoms with Gasteiger partial charge in [0.05, 0.1) is 5.69 Å². The van der Waals surface area contributed by atoms with E-state index in [4.69, 9.17) is 0 Å². The number of nitrogens with one attached hydrogen (secondary N) is 2. The zero-order valence-electron chi connectivity index (χ0n) is 8.76. The molecule has 7 nitrogen and oxygen atoms in total. The van der Waals surface area contributed by atoms with Gasteiger partial charge in [-0.25, -0.2) is 4.98 Å². The minimum atomic E-state index is -0.418. The number of aromatic amines is 1. The van der Waals surface area contributed by atoms with Gasteiger partial charge in [-0.05, 0) is 11.1 Å². The molecule has 2 N–H and O–H groups in total. The first-order valence-corrected chi connectivity index (χ1v) is 5.55. The summed E-state index contributed by atoms with van der Waals surface area (Å²) in [7, 11) is 0. The van der Waals surface area contributed by atoms with E-state index >= 15 is 0 Å². The Kier molecular flexibility index (Phi) is 2.91. The zero-order valence-corrected chi connectivity index (χ0v) is 9.58. The lowest BCUT2D eigenvalue weighted by atomic mass is 10.2. The molecule has 2 aromatic heterocycles. The Morgan fingerprint density at radius 3 is 2.94 bits per heavy atom. The summed E-state index contributed by atoms with van der Waals surface area (Å²) in [5.41, 5.74) is 0.952. The molecule has 16 heavy (non-hydrogen) atoms. The summed E-state index contributed by atoms with van der Waals surface area (Å²) in [6.07, 6.45) is 0. The minimum Gasteiger partial charge on any atom is -0.295 e. The number of tetrazole rings is 1. The van der Waals surface area contributed by atoms with Crippen LogP contribution in [-0.4, -0.2) is 31.5 Å². The molecule has 84 valence electrons. The highest BCUT2D eigenvalue weighted by Gasteiger charge is 2.13. The molecule has 1 amide bonds. The van der Waals surface area contributed by atoms with E-state index < -0.39 is 5.91 Å². The molecule has 0 aromatic carbocycles. The van der Waals surface area contributed by atoms with Gasteiger partial charge in [0.1, 0.15) is 0 Å². The SMILES string of the molecule is CC(C)c1csc(NC(=O)c2nn[nH]n2)n1. The summed E-state index contributed by atoms with van der Waals surface area (Å²) in [4.78, 5) is 15.8. The predicted octanol–water partition coefficient (Wildman–Crippen LogP) is 1.03. The number of aromatic nitrogens is 5. The van der Waals surface area contributed by atoms with E-state index in [1.807, 2.05) is 19.2 Å². The Morgan fingerprint density at radius 2 is 2.38 bits per heavy atom. The first-order chi connectivity index (χ1) is 7.66. The average molecular weight is 238 g/mol. The molecule has 0 saturated carbocycles. The third-order valence-corrected chi connectivity index (χ3v) is 2.66. The van der Waals surface area contributed by atoms with Gasteiger partial charge in [-0.3, -0.25) is 10.1 Å². The van der Waals surface area contributed by atoms with Crippen LogP contribution < -0.4 is 5.32 Å². The lowest BCUT2D eigenvalue weighted by Crippen LogP contribution is -2.13. The molecule has 0 aliphatic heterocycles. The van der Waals surface area contributed by atoms with Crippen molar-refractivity contribution in [1.82, 2.24) is 25.6 Å². The summed E-state index contributed by atoms with van der Waals surface area (Å²) >= 11 is 1.37. The van der Waals surface area contributed by atoms with Crippen LogP contribution in [0.15, 0.2) is 5.38 Å². The van der Waals surface area contributed by atoms with Crippen molar-refractivity contribution in [2.24, 2.45) is 0 Å². The maximum absolute atomic E-state index is 11.5. The van der Waals surface area contributed by atoms with Crippen LogP contribution in [-0.2, 0) is 0 Å². The van der Waals surface area contributed by atoms with Gasteiger partial charge < -0.3 is 0 Å². The third kappa shape index (κ3) is 2.22. The fourth-order valence-corrected chi connectivity index (χ4v) is 1.89. The van der Waals surface area contributed by atoms with Crippen molar-refractivity contribution in [2.75, 3.05) is 5.32 Å². The van der Waals surface area contributed by atoms with Crippen molar-refractivity contribution in [3.8, 4) is 0 Å². The van der Waals surface area contributed by atoms with Crippen LogP contribution in [0.3, 0.4) is 0 Å². The summed E-state index contributed by atoms with van der Waals surface area (Å²) in [5.74, 6) is -0.0771. The molecule has 0 radical (unpaired) electrons.